The van der Waals surface area contributed by atoms with Crippen LogP contribution in [0.3, 0.4) is 0 Å². The van der Waals surface area contributed by atoms with E-state index in [1.807, 2.05) is 12.1 Å². The molecule has 0 atom stereocenters. The average Bonchev–Trinajstić information content (AvgIpc) is 2.53. The highest BCUT2D eigenvalue weighted by atomic mass is 32.2. The quantitative estimate of drug-likeness (QED) is 0.834. The molecule has 1 aromatic rings. The molecule has 0 aromatic heterocycles. The van der Waals surface area contributed by atoms with Crippen LogP contribution in [0.5, 0.6) is 0 Å². The Balaban J connectivity index is 1.95. The number of nitrogens with one attached hydrogen (secondary N) is 2. The van der Waals surface area contributed by atoms with E-state index in [1.54, 1.807) is 12.1 Å². The molecule has 1 saturated heterocycles. The zero-order valence-electron chi connectivity index (χ0n) is 12.8. The third kappa shape index (κ3) is 4.18. The summed E-state index contributed by atoms with van der Waals surface area (Å²) in [5, 5.41) is 3.41. The van der Waals surface area contributed by atoms with Crippen molar-refractivity contribution in [1.29, 1.82) is 0 Å². The molecule has 0 amide bonds. The van der Waals surface area contributed by atoms with Gasteiger partial charge in [-0.2, -0.15) is 0 Å². The van der Waals surface area contributed by atoms with Gasteiger partial charge in [0.1, 0.15) is 0 Å². The molecule has 1 heterocycles. The molecule has 1 aromatic carbocycles. The molecule has 0 unspecified atom stereocenters. The highest BCUT2D eigenvalue weighted by molar-refractivity contribution is 7.89. The van der Waals surface area contributed by atoms with Crippen molar-refractivity contribution in [1.82, 2.24) is 10.0 Å². The summed E-state index contributed by atoms with van der Waals surface area (Å²) in [4.78, 5) is 2.65. The molecule has 5 nitrogen and oxygen atoms in total. The zero-order chi connectivity index (χ0) is 15.3. The summed E-state index contributed by atoms with van der Waals surface area (Å²) < 4.78 is 25.7. The molecule has 1 fully saturated rings. The molecule has 0 aliphatic carbocycles. The summed E-state index contributed by atoms with van der Waals surface area (Å²) >= 11 is 0. The first-order valence-electron chi connectivity index (χ1n) is 7.56. The Morgan fingerprint density at radius 3 is 2.33 bits per heavy atom. The SMILES string of the molecule is CCNCC1CCN(c2ccc(S(=O)(=O)NC)cc2)CC1. The van der Waals surface area contributed by atoms with Crippen molar-refractivity contribution in [3.05, 3.63) is 24.3 Å². The predicted octanol–water partition coefficient (Wildman–Crippen LogP) is 1.42. The molecule has 0 radical (unpaired) electrons. The highest BCUT2D eigenvalue weighted by Gasteiger charge is 2.19. The Labute approximate surface area is 127 Å². The molecule has 1 aliphatic heterocycles. The lowest BCUT2D eigenvalue weighted by Crippen LogP contribution is -2.37. The first kappa shape index (κ1) is 16.3. The van der Waals surface area contributed by atoms with Crippen molar-refractivity contribution in [2.75, 3.05) is 38.1 Å². The van der Waals surface area contributed by atoms with E-state index >= 15 is 0 Å². The maximum Gasteiger partial charge on any atom is 0.240 e. The molecule has 0 saturated carbocycles. The molecule has 2 rings (SSSR count). The number of sulfonamides is 1. The van der Waals surface area contributed by atoms with Gasteiger partial charge in [-0.05, 0) is 63.2 Å². The second-order valence-corrected chi connectivity index (χ2v) is 7.33. The fourth-order valence-electron chi connectivity index (χ4n) is 2.70. The first-order valence-corrected chi connectivity index (χ1v) is 9.04. The molecule has 2 N–H and O–H groups in total. The molecule has 21 heavy (non-hydrogen) atoms. The van der Waals surface area contributed by atoms with Gasteiger partial charge in [-0.1, -0.05) is 6.92 Å². The van der Waals surface area contributed by atoms with E-state index in [9.17, 15) is 8.42 Å². The summed E-state index contributed by atoms with van der Waals surface area (Å²) in [6.45, 7) is 6.34. The lowest BCUT2D eigenvalue weighted by Gasteiger charge is -2.33. The number of piperidine rings is 1. The number of anilines is 1. The molecule has 118 valence electrons. The molecular formula is C15H25N3O2S. The van der Waals surface area contributed by atoms with Crippen LogP contribution in [-0.4, -0.2) is 41.6 Å². The fourth-order valence-corrected chi connectivity index (χ4v) is 3.43. The van der Waals surface area contributed by atoms with Crippen molar-refractivity contribution in [2.24, 2.45) is 5.92 Å². The minimum Gasteiger partial charge on any atom is -0.372 e. The van der Waals surface area contributed by atoms with Gasteiger partial charge in [-0.3, -0.25) is 0 Å². The van der Waals surface area contributed by atoms with Gasteiger partial charge in [0, 0.05) is 18.8 Å². The van der Waals surface area contributed by atoms with Crippen LogP contribution in [0.25, 0.3) is 0 Å². The van der Waals surface area contributed by atoms with Crippen molar-refractivity contribution in [2.45, 2.75) is 24.7 Å². The third-order valence-electron chi connectivity index (χ3n) is 4.08. The fraction of sp³-hybridized carbons (Fsp3) is 0.600. The topological polar surface area (TPSA) is 61.4 Å². The standard InChI is InChI=1S/C15H25N3O2S/c1-3-17-12-13-8-10-18(11-9-13)14-4-6-15(7-5-14)21(19,20)16-2/h4-7,13,16-17H,3,8-12H2,1-2H3. The van der Waals surface area contributed by atoms with Gasteiger partial charge in [0.05, 0.1) is 4.90 Å². The number of nitrogens with zero attached hydrogens (tertiary/aromatic N) is 1. The van der Waals surface area contributed by atoms with Gasteiger partial charge >= 0.3 is 0 Å². The Kier molecular flexibility index (Phi) is 5.61. The van der Waals surface area contributed by atoms with Crippen molar-refractivity contribution in [3.8, 4) is 0 Å². The second-order valence-electron chi connectivity index (χ2n) is 5.44. The summed E-state index contributed by atoms with van der Waals surface area (Å²) in [5.74, 6) is 0.755. The number of benzene rings is 1. The maximum absolute atomic E-state index is 11.7. The Morgan fingerprint density at radius 1 is 1.19 bits per heavy atom. The molecule has 0 spiro atoms. The summed E-state index contributed by atoms with van der Waals surface area (Å²) in [5.41, 5.74) is 1.10. The Morgan fingerprint density at radius 2 is 1.81 bits per heavy atom. The van der Waals surface area contributed by atoms with Crippen LogP contribution < -0.4 is 14.9 Å². The van der Waals surface area contributed by atoms with Crippen molar-refractivity contribution < 1.29 is 8.42 Å². The van der Waals surface area contributed by atoms with Crippen molar-refractivity contribution >= 4 is 15.7 Å². The normalized spacial score (nSPS) is 17.1. The van der Waals surface area contributed by atoms with Gasteiger partial charge < -0.3 is 10.2 Å². The zero-order valence-corrected chi connectivity index (χ0v) is 13.6. The summed E-state index contributed by atoms with van der Waals surface area (Å²) in [6, 6.07) is 7.14. The van der Waals surface area contributed by atoms with Crippen LogP contribution in [0.15, 0.2) is 29.2 Å². The lowest BCUT2D eigenvalue weighted by atomic mass is 9.96. The second kappa shape index (κ2) is 7.24. The van der Waals surface area contributed by atoms with Gasteiger partial charge in [-0.15, -0.1) is 0 Å². The van der Waals surface area contributed by atoms with E-state index in [-0.39, 0.29) is 0 Å². The molecule has 6 heteroatoms. The van der Waals surface area contributed by atoms with E-state index in [2.05, 4.69) is 21.9 Å². The summed E-state index contributed by atoms with van der Waals surface area (Å²) in [6.07, 6.45) is 2.37. The van der Waals surface area contributed by atoms with Crippen LogP contribution >= 0.6 is 0 Å². The van der Waals surface area contributed by atoms with Gasteiger partial charge in [-0.25, -0.2) is 13.1 Å². The smallest absolute Gasteiger partial charge is 0.240 e. The van der Waals surface area contributed by atoms with Crippen LogP contribution in [-0.2, 0) is 10.0 Å². The van der Waals surface area contributed by atoms with E-state index in [4.69, 9.17) is 0 Å². The average molecular weight is 311 g/mol. The van der Waals surface area contributed by atoms with Crippen LogP contribution in [0.4, 0.5) is 5.69 Å². The van der Waals surface area contributed by atoms with E-state index < -0.39 is 10.0 Å². The van der Waals surface area contributed by atoms with Crippen molar-refractivity contribution in [3.63, 3.8) is 0 Å². The maximum atomic E-state index is 11.7. The van der Waals surface area contributed by atoms with Gasteiger partial charge in [0.2, 0.25) is 10.0 Å². The first-order chi connectivity index (χ1) is 10.1. The van der Waals surface area contributed by atoms with E-state index in [1.165, 1.54) is 19.9 Å². The van der Waals surface area contributed by atoms with Crippen LogP contribution in [0, 0.1) is 5.92 Å². The Hall–Kier alpha value is -1.11. The molecule has 1 aliphatic rings. The lowest BCUT2D eigenvalue weighted by molar-refractivity contribution is 0.386. The minimum atomic E-state index is -3.34. The minimum absolute atomic E-state index is 0.316. The molecule has 0 bridgehead atoms. The summed E-state index contributed by atoms with van der Waals surface area (Å²) in [7, 11) is -1.91. The number of hydrogen-bond acceptors (Lipinski definition) is 4. The van der Waals surface area contributed by atoms with Crippen LogP contribution in [0.1, 0.15) is 19.8 Å². The Bertz CT molecular complexity index is 535. The number of hydrogen-bond donors (Lipinski definition) is 2. The predicted molar refractivity (Wildman–Crippen MR) is 86.2 cm³/mol. The highest BCUT2D eigenvalue weighted by Crippen LogP contribution is 2.24. The van der Waals surface area contributed by atoms with Gasteiger partial charge in [0.15, 0.2) is 0 Å². The van der Waals surface area contributed by atoms with E-state index in [0.29, 0.717) is 4.90 Å². The third-order valence-corrected chi connectivity index (χ3v) is 5.51. The van der Waals surface area contributed by atoms with Gasteiger partial charge in [0.25, 0.3) is 0 Å². The monoisotopic (exact) mass is 311 g/mol. The van der Waals surface area contributed by atoms with E-state index in [0.717, 1.165) is 37.8 Å². The number of rotatable bonds is 6. The molecular weight excluding hydrogens is 286 g/mol. The largest absolute Gasteiger partial charge is 0.372 e. The van der Waals surface area contributed by atoms with Crippen LogP contribution in [0.2, 0.25) is 0 Å².